The third-order valence-electron chi connectivity index (χ3n) is 7.23. The molecule has 2 aromatic rings. The largest absolute Gasteiger partial charge is 0.467 e. The van der Waals surface area contributed by atoms with Crippen LogP contribution in [0.3, 0.4) is 0 Å². The number of hydrogen-bond donors (Lipinski definition) is 3. The molecule has 44 heavy (non-hydrogen) atoms. The van der Waals surface area contributed by atoms with E-state index < -0.39 is 59.0 Å². The third kappa shape index (κ3) is 9.29. The van der Waals surface area contributed by atoms with Crippen LogP contribution in [0, 0.1) is 0 Å². The summed E-state index contributed by atoms with van der Waals surface area (Å²) in [6, 6.07) is 6.30. The van der Waals surface area contributed by atoms with Gasteiger partial charge in [-0.2, -0.15) is 0 Å². The van der Waals surface area contributed by atoms with E-state index in [0.29, 0.717) is 25.1 Å². The summed E-state index contributed by atoms with van der Waals surface area (Å²) in [5.41, 5.74) is -0.681. The molecule has 13 heteroatoms. The van der Waals surface area contributed by atoms with Gasteiger partial charge in [0.2, 0.25) is 17.7 Å². The van der Waals surface area contributed by atoms with Crippen LogP contribution >= 0.6 is 0 Å². The number of nitrogens with one attached hydrogen (secondary N) is 3. The van der Waals surface area contributed by atoms with E-state index in [1.54, 1.807) is 44.9 Å². The molecular weight excluding hydrogens is 568 g/mol. The van der Waals surface area contributed by atoms with E-state index in [4.69, 9.17) is 9.47 Å². The molecule has 1 aliphatic heterocycles. The van der Waals surface area contributed by atoms with Crippen LogP contribution < -0.4 is 16.0 Å². The van der Waals surface area contributed by atoms with Crippen molar-refractivity contribution < 1.29 is 33.4 Å². The Hall–Kier alpha value is -4.42. The summed E-state index contributed by atoms with van der Waals surface area (Å²) in [5, 5.41) is 8.11. The highest BCUT2D eigenvalue weighted by molar-refractivity contribution is 5.96. The van der Waals surface area contributed by atoms with Crippen molar-refractivity contribution >= 4 is 29.8 Å². The average Bonchev–Trinajstić information content (AvgIpc) is 3.60. The molecule has 0 radical (unpaired) electrons. The van der Waals surface area contributed by atoms with E-state index in [1.165, 1.54) is 25.9 Å². The monoisotopic (exact) mass is 612 g/mol. The number of likely N-dealkylation sites (tertiary alicyclic amines) is 1. The summed E-state index contributed by atoms with van der Waals surface area (Å²) in [6.45, 7) is 8.50. The number of aryl methyl sites for hydroxylation is 1. The summed E-state index contributed by atoms with van der Waals surface area (Å²) in [5.74, 6) is -2.18. The fraction of sp³-hybridized carbons (Fsp3) is 0.548. The van der Waals surface area contributed by atoms with E-state index in [9.17, 15) is 24.0 Å². The maximum Gasteiger partial charge on any atom is 0.408 e. The maximum absolute atomic E-state index is 13.8. The van der Waals surface area contributed by atoms with Gasteiger partial charge in [0, 0.05) is 38.3 Å². The van der Waals surface area contributed by atoms with Gasteiger partial charge in [0.25, 0.3) is 0 Å². The molecule has 0 spiro atoms. The van der Waals surface area contributed by atoms with E-state index >= 15 is 0 Å². The van der Waals surface area contributed by atoms with Gasteiger partial charge in [0.15, 0.2) is 0 Å². The number of imidazole rings is 1. The van der Waals surface area contributed by atoms with Gasteiger partial charge >= 0.3 is 12.1 Å². The SMILES string of the molecule is COC(=O)[C@H](Cc1ccccc1)NC(=O)C(C)(C)NC(=O)[C@H]1CCCN1C(=O)[C@H](Cc1cncn1C)NC(=O)OC(C)(C)C. The first kappa shape index (κ1) is 34.1. The topological polar surface area (TPSA) is 161 Å². The molecule has 0 bridgehead atoms. The summed E-state index contributed by atoms with van der Waals surface area (Å²) in [6.07, 6.45) is 3.70. The van der Waals surface area contributed by atoms with Crippen molar-refractivity contribution in [2.24, 2.45) is 7.05 Å². The second-order valence-corrected chi connectivity index (χ2v) is 12.4. The summed E-state index contributed by atoms with van der Waals surface area (Å²) in [4.78, 5) is 71.4. The lowest BCUT2D eigenvalue weighted by Gasteiger charge is -2.32. The third-order valence-corrected chi connectivity index (χ3v) is 7.23. The van der Waals surface area contributed by atoms with Crippen molar-refractivity contribution in [2.75, 3.05) is 13.7 Å². The lowest BCUT2D eigenvalue weighted by atomic mass is 10.0. The minimum atomic E-state index is -1.43. The number of rotatable bonds is 11. The Labute approximate surface area is 258 Å². The number of hydrogen-bond acceptors (Lipinski definition) is 8. The Balaban J connectivity index is 1.73. The maximum atomic E-state index is 13.8. The van der Waals surface area contributed by atoms with Crippen LogP contribution in [0.4, 0.5) is 4.79 Å². The number of carbonyl (C=O) groups excluding carboxylic acids is 5. The summed E-state index contributed by atoms with van der Waals surface area (Å²) < 4.78 is 12.0. The second kappa shape index (κ2) is 14.4. The minimum absolute atomic E-state index is 0.129. The first-order chi connectivity index (χ1) is 20.6. The van der Waals surface area contributed by atoms with Gasteiger partial charge in [-0.25, -0.2) is 14.6 Å². The van der Waals surface area contributed by atoms with Crippen LogP contribution in [-0.4, -0.2) is 87.2 Å². The normalized spacial score (nSPS) is 16.4. The van der Waals surface area contributed by atoms with Gasteiger partial charge in [-0.15, -0.1) is 0 Å². The van der Waals surface area contributed by atoms with Crippen LogP contribution in [0.1, 0.15) is 58.7 Å². The number of carbonyl (C=O) groups is 5. The molecule has 0 saturated carbocycles. The predicted octanol–water partition coefficient (Wildman–Crippen LogP) is 1.64. The first-order valence-corrected chi connectivity index (χ1v) is 14.6. The second-order valence-electron chi connectivity index (χ2n) is 12.4. The fourth-order valence-electron chi connectivity index (χ4n) is 4.92. The Morgan fingerprint density at radius 3 is 2.27 bits per heavy atom. The predicted molar refractivity (Wildman–Crippen MR) is 161 cm³/mol. The van der Waals surface area contributed by atoms with E-state index in [1.807, 2.05) is 30.3 Å². The van der Waals surface area contributed by atoms with Gasteiger partial charge < -0.3 is 34.9 Å². The average molecular weight is 613 g/mol. The number of nitrogens with zero attached hydrogens (tertiary/aromatic N) is 3. The van der Waals surface area contributed by atoms with Crippen molar-refractivity contribution in [1.82, 2.24) is 30.4 Å². The van der Waals surface area contributed by atoms with Crippen molar-refractivity contribution in [3.63, 3.8) is 0 Å². The standard InChI is InChI=1S/C31H44N6O7/c1-30(2,3)44-29(42)34-22(17-21-18-32-19-36(21)6)26(39)37-15-11-14-24(37)25(38)35-31(4,5)28(41)33-23(27(40)43-7)16-20-12-9-8-10-13-20/h8-10,12-13,18-19,22-24H,11,14-17H2,1-7H3,(H,33,41)(H,34,42)(H,35,38)/t22-,23-,24+/m0/s1. The molecule has 3 atom stereocenters. The number of benzene rings is 1. The molecule has 1 aliphatic rings. The molecule has 1 aromatic heterocycles. The molecule has 3 N–H and O–H groups in total. The molecule has 0 unspecified atom stereocenters. The van der Waals surface area contributed by atoms with Crippen LogP contribution in [0.5, 0.6) is 0 Å². The Bertz CT molecular complexity index is 1330. The Morgan fingerprint density at radius 2 is 1.68 bits per heavy atom. The number of amides is 4. The Kier molecular flexibility index (Phi) is 11.1. The molecule has 1 saturated heterocycles. The molecule has 3 rings (SSSR count). The highest BCUT2D eigenvalue weighted by Gasteiger charge is 2.41. The molecular formula is C31H44N6O7. The van der Waals surface area contributed by atoms with Crippen LogP contribution in [0.2, 0.25) is 0 Å². The number of methoxy groups -OCH3 is 1. The molecule has 0 aliphatic carbocycles. The van der Waals surface area contributed by atoms with E-state index in [0.717, 1.165) is 5.56 Å². The quantitative estimate of drug-likeness (QED) is 0.323. The first-order valence-electron chi connectivity index (χ1n) is 14.6. The van der Waals surface area contributed by atoms with Gasteiger partial charge in [-0.1, -0.05) is 30.3 Å². The van der Waals surface area contributed by atoms with Crippen molar-refractivity contribution in [3.05, 3.63) is 54.1 Å². The van der Waals surface area contributed by atoms with Crippen molar-refractivity contribution in [3.8, 4) is 0 Å². The zero-order valence-electron chi connectivity index (χ0n) is 26.5. The molecule has 1 fully saturated rings. The zero-order valence-corrected chi connectivity index (χ0v) is 26.5. The number of esters is 1. The van der Waals surface area contributed by atoms with Crippen LogP contribution in [-0.2, 0) is 48.5 Å². The van der Waals surface area contributed by atoms with Crippen molar-refractivity contribution in [1.29, 1.82) is 0 Å². The zero-order chi connectivity index (χ0) is 32.7. The number of alkyl carbamates (subject to hydrolysis) is 1. The molecule has 4 amide bonds. The summed E-state index contributed by atoms with van der Waals surface area (Å²) in [7, 11) is 3.02. The van der Waals surface area contributed by atoms with Crippen LogP contribution in [0.25, 0.3) is 0 Å². The van der Waals surface area contributed by atoms with Gasteiger partial charge in [-0.3, -0.25) is 14.4 Å². The molecule has 2 heterocycles. The number of aromatic nitrogens is 2. The fourth-order valence-corrected chi connectivity index (χ4v) is 4.92. The van der Waals surface area contributed by atoms with Gasteiger partial charge in [0.05, 0.1) is 13.4 Å². The lowest BCUT2D eigenvalue weighted by Crippen LogP contribution is -2.61. The van der Waals surface area contributed by atoms with E-state index in [2.05, 4.69) is 20.9 Å². The summed E-state index contributed by atoms with van der Waals surface area (Å²) >= 11 is 0. The van der Waals surface area contributed by atoms with Gasteiger partial charge in [0.1, 0.15) is 29.3 Å². The molecule has 13 nitrogen and oxygen atoms in total. The Morgan fingerprint density at radius 1 is 1.00 bits per heavy atom. The number of ether oxygens (including phenoxy) is 2. The molecule has 1 aromatic carbocycles. The molecule has 240 valence electrons. The van der Waals surface area contributed by atoms with Gasteiger partial charge in [-0.05, 0) is 53.0 Å². The smallest absolute Gasteiger partial charge is 0.408 e. The highest BCUT2D eigenvalue weighted by Crippen LogP contribution is 2.21. The minimum Gasteiger partial charge on any atom is -0.467 e. The highest BCUT2D eigenvalue weighted by atomic mass is 16.6. The lowest BCUT2D eigenvalue weighted by molar-refractivity contribution is -0.146. The van der Waals surface area contributed by atoms with Crippen LogP contribution in [0.15, 0.2) is 42.9 Å². The van der Waals surface area contributed by atoms with Crippen molar-refractivity contribution in [2.45, 2.75) is 89.6 Å². The van der Waals surface area contributed by atoms with E-state index in [-0.39, 0.29) is 12.8 Å².